The van der Waals surface area contributed by atoms with Crippen molar-refractivity contribution in [3.63, 3.8) is 0 Å². The molecule has 84 valence electrons. The van der Waals surface area contributed by atoms with E-state index >= 15 is 0 Å². The van der Waals surface area contributed by atoms with E-state index in [0.717, 1.165) is 43.9 Å². The molecule has 0 amide bonds. The lowest BCUT2D eigenvalue weighted by atomic mass is 10.3. The van der Waals surface area contributed by atoms with Crippen LogP contribution in [-0.4, -0.2) is 22.8 Å². The number of unbranched alkanes of at least 4 members (excludes halogenated alkanes) is 1. The Balaban J connectivity index is 2.23. The summed E-state index contributed by atoms with van der Waals surface area (Å²) in [6.07, 6.45) is 6.15. The van der Waals surface area contributed by atoms with Crippen molar-refractivity contribution >= 4 is 5.57 Å². The molecular weight excluding hydrogens is 188 g/mol. The lowest BCUT2D eigenvalue weighted by Gasteiger charge is -2.02. The van der Waals surface area contributed by atoms with Crippen molar-refractivity contribution < 1.29 is 4.74 Å². The number of aromatic nitrogens is 2. The predicted octanol–water partition coefficient (Wildman–Crippen LogP) is 2.73. The van der Waals surface area contributed by atoms with Crippen LogP contribution in [0.15, 0.2) is 19.1 Å². The number of allylic oxidation sites excluding steroid dienone is 1. The molecule has 1 aromatic heterocycles. The highest BCUT2D eigenvalue weighted by atomic mass is 16.5. The number of nitrogens with zero attached hydrogens (tertiary/aromatic N) is 2. The maximum Gasteiger partial charge on any atom is 0.0953 e. The molecule has 0 aliphatic heterocycles. The fourth-order valence-electron chi connectivity index (χ4n) is 1.35. The summed E-state index contributed by atoms with van der Waals surface area (Å²) in [5.74, 6) is 0. The maximum atomic E-state index is 5.28. The second kappa shape index (κ2) is 6.40. The first-order valence-corrected chi connectivity index (χ1v) is 5.49. The van der Waals surface area contributed by atoms with Crippen molar-refractivity contribution in [3.05, 3.63) is 24.8 Å². The Morgan fingerprint density at radius 2 is 2.33 bits per heavy atom. The van der Waals surface area contributed by atoms with Gasteiger partial charge in [-0.2, -0.15) is 0 Å². The van der Waals surface area contributed by atoms with Crippen LogP contribution in [0.4, 0.5) is 0 Å². The van der Waals surface area contributed by atoms with Crippen molar-refractivity contribution in [2.45, 2.75) is 33.2 Å². The van der Waals surface area contributed by atoms with E-state index in [-0.39, 0.29) is 0 Å². The Labute approximate surface area is 91.8 Å². The van der Waals surface area contributed by atoms with Gasteiger partial charge in [0.25, 0.3) is 0 Å². The molecule has 0 bridgehead atoms. The molecule has 0 saturated heterocycles. The first-order valence-electron chi connectivity index (χ1n) is 5.49. The maximum absolute atomic E-state index is 5.28. The van der Waals surface area contributed by atoms with E-state index in [9.17, 15) is 0 Å². The molecule has 0 aromatic carbocycles. The summed E-state index contributed by atoms with van der Waals surface area (Å²) in [6.45, 7) is 10.5. The largest absolute Gasteiger partial charge is 0.382 e. The van der Waals surface area contributed by atoms with Gasteiger partial charge >= 0.3 is 0 Å². The van der Waals surface area contributed by atoms with Crippen LogP contribution in [0.1, 0.15) is 32.4 Å². The normalized spacial score (nSPS) is 10.5. The van der Waals surface area contributed by atoms with Gasteiger partial charge in [-0.1, -0.05) is 6.58 Å². The molecule has 1 heterocycles. The second-order valence-corrected chi connectivity index (χ2v) is 3.68. The fourth-order valence-corrected chi connectivity index (χ4v) is 1.35. The molecule has 1 aromatic rings. The minimum absolute atomic E-state index is 0.810. The first-order chi connectivity index (χ1) is 7.24. The van der Waals surface area contributed by atoms with Gasteiger partial charge in [0.1, 0.15) is 0 Å². The van der Waals surface area contributed by atoms with Gasteiger partial charge in [-0.05, 0) is 32.3 Å². The van der Waals surface area contributed by atoms with Crippen LogP contribution in [0.2, 0.25) is 0 Å². The number of ether oxygens (including phenoxy) is 1. The number of hydrogen-bond acceptors (Lipinski definition) is 2. The number of hydrogen-bond donors (Lipinski definition) is 0. The van der Waals surface area contributed by atoms with Crippen LogP contribution in [0.25, 0.3) is 5.57 Å². The molecule has 0 N–H and O–H groups in total. The molecule has 0 aliphatic rings. The molecule has 0 saturated carbocycles. The predicted molar refractivity (Wildman–Crippen MR) is 62.7 cm³/mol. The van der Waals surface area contributed by atoms with Crippen LogP contribution in [0.3, 0.4) is 0 Å². The number of rotatable bonds is 7. The Morgan fingerprint density at radius 1 is 1.53 bits per heavy atom. The van der Waals surface area contributed by atoms with Gasteiger partial charge < -0.3 is 9.30 Å². The Bertz CT molecular complexity index is 304. The molecule has 0 radical (unpaired) electrons. The van der Waals surface area contributed by atoms with E-state index in [4.69, 9.17) is 4.74 Å². The summed E-state index contributed by atoms with van der Waals surface area (Å²) < 4.78 is 7.38. The van der Waals surface area contributed by atoms with Crippen molar-refractivity contribution in [3.8, 4) is 0 Å². The molecule has 0 fully saturated rings. The Kier molecular flexibility index (Phi) is 5.12. The number of imidazole rings is 1. The zero-order valence-corrected chi connectivity index (χ0v) is 9.70. The topological polar surface area (TPSA) is 27.1 Å². The van der Waals surface area contributed by atoms with Gasteiger partial charge in [-0.3, -0.25) is 0 Å². The standard InChI is InChI=1S/C12H20N2O/c1-4-15-8-6-5-7-14-9-12(11(2)3)13-10-14/h9-10H,2,4-8H2,1,3H3. The molecule has 0 unspecified atom stereocenters. The highest BCUT2D eigenvalue weighted by Gasteiger charge is 1.98. The van der Waals surface area contributed by atoms with Crippen molar-refractivity contribution in [2.75, 3.05) is 13.2 Å². The minimum atomic E-state index is 0.810. The third-order valence-electron chi connectivity index (χ3n) is 2.23. The van der Waals surface area contributed by atoms with Crippen LogP contribution in [0.5, 0.6) is 0 Å². The summed E-state index contributed by atoms with van der Waals surface area (Å²) in [5.41, 5.74) is 2.00. The van der Waals surface area contributed by atoms with Crippen molar-refractivity contribution in [1.82, 2.24) is 9.55 Å². The molecule has 1 rings (SSSR count). The van der Waals surface area contributed by atoms with E-state index < -0.39 is 0 Å². The van der Waals surface area contributed by atoms with Gasteiger partial charge in [0.15, 0.2) is 0 Å². The Morgan fingerprint density at radius 3 is 2.93 bits per heavy atom. The van der Waals surface area contributed by atoms with Crippen molar-refractivity contribution in [1.29, 1.82) is 0 Å². The van der Waals surface area contributed by atoms with Gasteiger partial charge in [0, 0.05) is 26.0 Å². The molecule has 0 aliphatic carbocycles. The lowest BCUT2D eigenvalue weighted by molar-refractivity contribution is 0.142. The third kappa shape index (κ3) is 4.30. The average Bonchev–Trinajstić information content (AvgIpc) is 2.66. The summed E-state index contributed by atoms with van der Waals surface area (Å²) >= 11 is 0. The third-order valence-corrected chi connectivity index (χ3v) is 2.23. The van der Waals surface area contributed by atoms with Gasteiger partial charge in [0.2, 0.25) is 0 Å². The summed E-state index contributed by atoms with van der Waals surface area (Å²) in [6, 6.07) is 0. The fraction of sp³-hybridized carbons (Fsp3) is 0.583. The lowest BCUT2D eigenvalue weighted by Crippen LogP contribution is -1.98. The van der Waals surface area contributed by atoms with Crippen LogP contribution >= 0.6 is 0 Å². The molecule has 15 heavy (non-hydrogen) atoms. The van der Waals surface area contributed by atoms with Gasteiger partial charge in [0.05, 0.1) is 12.0 Å². The summed E-state index contributed by atoms with van der Waals surface area (Å²) in [7, 11) is 0. The van der Waals surface area contributed by atoms with E-state index in [1.165, 1.54) is 0 Å². The summed E-state index contributed by atoms with van der Waals surface area (Å²) in [4.78, 5) is 4.26. The minimum Gasteiger partial charge on any atom is -0.382 e. The van der Waals surface area contributed by atoms with Gasteiger partial charge in [-0.15, -0.1) is 0 Å². The zero-order chi connectivity index (χ0) is 11.1. The SMILES string of the molecule is C=C(C)c1cn(CCCCOCC)cn1. The molecule has 3 nitrogen and oxygen atoms in total. The molecule has 3 heteroatoms. The number of aryl methyl sites for hydroxylation is 1. The van der Waals surface area contributed by atoms with E-state index in [0.29, 0.717) is 0 Å². The van der Waals surface area contributed by atoms with Crippen molar-refractivity contribution in [2.24, 2.45) is 0 Å². The Hall–Kier alpha value is -1.09. The van der Waals surface area contributed by atoms with E-state index in [1.54, 1.807) is 0 Å². The van der Waals surface area contributed by atoms with Gasteiger partial charge in [-0.25, -0.2) is 4.98 Å². The highest BCUT2D eigenvalue weighted by molar-refractivity contribution is 5.56. The van der Waals surface area contributed by atoms with Crippen LogP contribution in [0, 0.1) is 0 Å². The van der Waals surface area contributed by atoms with E-state index in [1.807, 2.05) is 26.4 Å². The average molecular weight is 208 g/mol. The molecule has 0 atom stereocenters. The summed E-state index contributed by atoms with van der Waals surface area (Å²) in [5, 5.41) is 0. The smallest absolute Gasteiger partial charge is 0.0953 e. The highest BCUT2D eigenvalue weighted by Crippen LogP contribution is 2.08. The molecule has 0 spiro atoms. The first kappa shape index (κ1) is 12.0. The van der Waals surface area contributed by atoms with Crippen LogP contribution in [-0.2, 0) is 11.3 Å². The second-order valence-electron chi connectivity index (χ2n) is 3.68. The van der Waals surface area contributed by atoms with Crippen LogP contribution < -0.4 is 0 Å². The zero-order valence-electron chi connectivity index (χ0n) is 9.70. The monoisotopic (exact) mass is 208 g/mol. The van der Waals surface area contributed by atoms with E-state index in [2.05, 4.69) is 16.1 Å². The quantitative estimate of drug-likeness (QED) is 0.644. The molecular formula is C12H20N2O.